The minimum Gasteiger partial charge on any atom is -0.489 e. The molecule has 2 aromatic carbocycles. The molecule has 9 heteroatoms. The number of halogens is 1. The van der Waals surface area contributed by atoms with Crippen LogP contribution in [0.1, 0.15) is 11.1 Å². The fraction of sp³-hybridized carbons (Fsp3) is 0.158. The van der Waals surface area contributed by atoms with Crippen molar-refractivity contribution in [1.29, 1.82) is 0 Å². The number of ether oxygens (including phenoxy) is 1. The molecule has 1 N–H and O–H groups in total. The van der Waals surface area contributed by atoms with E-state index in [9.17, 15) is 9.18 Å². The molecule has 0 radical (unpaired) electrons. The maximum Gasteiger partial charge on any atom is 0.250 e. The number of carbonyl (C=O) groups excluding carboxylic acids is 1. The Bertz CT molecular complexity index is 959. The standard InChI is InChI=1S/C19H18FN5O2S/c1-25-13-22-24-19(25)28-12-18(26)23-21-10-14-6-8-16(9-7-14)27-11-15-4-2-3-5-17(15)20/h2-10,13H,11-12H2,1H3,(H,23,26)/b21-10-. The number of thioether (sulfide) groups is 1. The van der Waals surface area contributed by atoms with Crippen LogP contribution in [-0.2, 0) is 18.4 Å². The maximum absolute atomic E-state index is 13.6. The van der Waals surface area contributed by atoms with Crippen LogP contribution in [0.3, 0.4) is 0 Å². The molecule has 0 saturated carbocycles. The second-order valence-electron chi connectivity index (χ2n) is 5.76. The van der Waals surface area contributed by atoms with Crippen molar-refractivity contribution < 1.29 is 13.9 Å². The van der Waals surface area contributed by atoms with Crippen molar-refractivity contribution >= 4 is 23.9 Å². The molecule has 0 aliphatic heterocycles. The Morgan fingerprint density at radius 3 is 2.79 bits per heavy atom. The quantitative estimate of drug-likeness (QED) is 0.358. The molecule has 0 bridgehead atoms. The largest absolute Gasteiger partial charge is 0.489 e. The molecule has 0 atom stereocenters. The van der Waals surface area contributed by atoms with Crippen molar-refractivity contribution in [3.63, 3.8) is 0 Å². The van der Waals surface area contributed by atoms with Crippen LogP contribution < -0.4 is 10.2 Å². The van der Waals surface area contributed by atoms with Gasteiger partial charge in [0.05, 0.1) is 12.0 Å². The van der Waals surface area contributed by atoms with E-state index in [2.05, 4.69) is 20.7 Å². The third kappa shape index (κ3) is 5.65. The lowest BCUT2D eigenvalue weighted by atomic mass is 10.2. The van der Waals surface area contributed by atoms with E-state index in [1.807, 2.05) is 7.05 Å². The fourth-order valence-corrected chi connectivity index (χ4v) is 2.85. The van der Waals surface area contributed by atoms with Gasteiger partial charge in [0.1, 0.15) is 24.5 Å². The van der Waals surface area contributed by atoms with E-state index < -0.39 is 0 Å². The number of rotatable bonds is 8. The second-order valence-corrected chi connectivity index (χ2v) is 6.70. The highest BCUT2D eigenvalue weighted by Gasteiger charge is 2.06. The van der Waals surface area contributed by atoms with Crippen LogP contribution in [-0.4, -0.2) is 32.6 Å². The first-order valence-electron chi connectivity index (χ1n) is 8.37. The number of aromatic nitrogens is 3. The molecule has 0 aliphatic carbocycles. The van der Waals surface area contributed by atoms with Gasteiger partial charge in [-0.15, -0.1) is 10.2 Å². The van der Waals surface area contributed by atoms with Crippen molar-refractivity contribution in [2.75, 3.05) is 5.75 Å². The van der Waals surface area contributed by atoms with E-state index in [-0.39, 0.29) is 24.1 Å². The van der Waals surface area contributed by atoms with Gasteiger partial charge in [-0.05, 0) is 35.9 Å². The third-order valence-electron chi connectivity index (χ3n) is 3.64. The monoisotopic (exact) mass is 399 g/mol. The molecule has 144 valence electrons. The first kappa shape index (κ1) is 19.6. The summed E-state index contributed by atoms with van der Waals surface area (Å²) in [4.78, 5) is 11.8. The Morgan fingerprint density at radius 1 is 1.29 bits per heavy atom. The van der Waals surface area contributed by atoms with Gasteiger partial charge in [-0.1, -0.05) is 30.0 Å². The minimum atomic E-state index is -0.292. The fourth-order valence-electron chi connectivity index (χ4n) is 2.17. The van der Waals surface area contributed by atoms with E-state index in [1.165, 1.54) is 24.0 Å². The van der Waals surface area contributed by atoms with Crippen molar-refractivity contribution in [2.45, 2.75) is 11.8 Å². The summed E-state index contributed by atoms with van der Waals surface area (Å²) < 4.78 is 20.9. The Morgan fingerprint density at radius 2 is 2.07 bits per heavy atom. The topological polar surface area (TPSA) is 81.4 Å². The van der Waals surface area contributed by atoms with Gasteiger partial charge in [-0.25, -0.2) is 9.82 Å². The third-order valence-corrected chi connectivity index (χ3v) is 4.67. The number of hydrazone groups is 1. The molecule has 0 unspecified atom stereocenters. The first-order valence-corrected chi connectivity index (χ1v) is 9.35. The van der Waals surface area contributed by atoms with Crippen LogP contribution in [0.4, 0.5) is 4.39 Å². The number of carbonyl (C=O) groups is 1. The normalized spacial score (nSPS) is 10.9. The summed E-state index contributed by atoms with van der Waals surface area (Å²) >= 11 is 1.27. The molecule has 7 nitrogen and oxygen atoms in total. The summed E-state index contributed by atoms with van der Waals surface area (Å²) in [6.07, 6.45) is 3.10. The lowest BCUT2D eigenvalue weighted by Crippen LogP contribution is -2.19. The number of hydrogen-bond acceptors (Lipinski definition) is 6. The molecule has 1 amide bonds. The number of hydrogen-bond donors (Lipinski definition) is 1. The first-order chi connectivity index (χ1) is 13.6. The summed E-state index contributed by atoms with van der Waals surface area (Å²) in [5, 5.41) is 12.2. The highest BCUT2D eigenvalue weighted by molar-refractivity contribution is 7.99. The zero-order valence-electron chi connectivity index (χ0n) is 15.1. The minimum absolute atomic E-state index is 0.152. The summed E-state index contributed by atoms with van der Waals surface area (Å²) in [7, 11) is 1.81. The van der Waals surface area contributed by atoms with Crippen LogP contribution in [0.5, 0.6) is 5.75 Å². The average Bonchev–Trinajstić information content (AvgIpc) is 3.11. The smallest absolute Gasteiger partial charge is 0.250 e. The summed E-state index contributed by atoms with van der Waals surface area (Å²) in [5.74, 6) is 0.269. The predicted molar refractivity (Wildman–Crippen MR) is 105 cm³/mol. The molecular weight excluding hydrogens is 381 g/mol. The predicted octanol–water partition coefficient (Wildman–Crippen LogP) is 2.78. The Labute approximate surface area is 165 Å². The SMILES string of the molecule is Cn1cnnc1SCC(=O)N/N=C\c1ccc(OCc2ccccc2F)cc1. The summed E-state index contributed by atoms with van der Waals surface area (Å²) in [5.41, 5.74) is 3.75. The number of nitrogens with one attached hydrogen (secondary N) is 1. The molecule has 28 heavy (non-hydrogen) atoms. The highest BCUT2D eigenvalue weighted by Crippen LogP contribution is 2.15. The molecule has 0 aliphatic rings. The lowest BCUT2D eigenvalue weighted by molar-refractivity contribution is -0.118. The second kappa shape index (κ2) is 9.65. The van der Waals surface area contributed by atoms with Gasteiger partial charge in [-0.2, -0.15) is 5.10 Å². The summed E-state index contributed by atoms with van der Waals surface area (Å²) in [6.45, 7) is 0.152. The van der Waals surface area contributed by atoms with Gasteiger partial charge in [0.25, 0.3) is 5.91 Å². The summed E-state index contributed by atoms with van der Waals surface area (Å²) in [6, 6.07) is 13.6. The Kier molecular flexibility index (Phi) is 6.74. The van der Waals surface area contributed by atoms with Crippen molar-refractivity contribution in [2.24, 2.45) is 12.1 Å². The number of amides is 1. The van der Waals surface area contributed by atoms with Gasteiger partial charge >= 0.3 is 0 Å². The molecule has 1 heterocycles. The van der Waals surface area contributed by atoms with E-state index >= 15 is 0 Å². The van der Waals surface area contributed by atoms with Crippen molar-refractivity contribution in [1.82, 2.24) is 20.2 Å². The van der Waals surface area contributed by atoms with Crippen molar-refractivity contribution in [3.8, 4) is 5.75 Å². The molecule has 1 aromatic heterocycles. The van der Waals surface area contributed by atoms with Crippen LogP contribution >= 0.6 is 11.8 Å². The zero-order valence-corrected chi connectivity index (χ0v) is 15.9. The number of benzene rings is 2. The van der Waals surface area contributed by atoms with E-state index in [4.69, 9.17) is 4.74 Å². The number of nitrogens with zero attached hydrogens (tertiary/aromatic N) is 4. The number of aryl methyl sites for hydroxylation is 1. The molecule has 0 fully saturated rings. The van der Waals surface area contributed by atoms with Crippen LogP contribution in [0.15, 0.2) is 65.1 Å². The van der Waals surface area contributed by atoms with Gasteiger partial charge in [0.2, 0.25) is 0 Å². The lowest BCUT2D eigenvalue weighted by Gasteiger charge is -2.07. The Balaban J connectivity index is 1.44. The zero-order chi connectivity index (χ0) is 19.8. The van der Waals surface area contributed by atoms with Gasteiger partial charge < -0.3 is 9.30 Å². The maximum atomic E-state index is 13.6. The molecule has 3 rings (SSSR count). The molecule has 0 saturated heterocycles. The van der Waals surface area contributed by atoms with E-state index in [0.717, 1.165) is 5.56 Å². The van der Waals surface area contributed by atoms with E-state index in [0.29, 0.717) is 16.5 Å². The molecular formula is C19H18FN5O2S. The molecule has 3 aromatic rings. The van der Waals surface area contributed by atoms with Crippen LogP contribution in [0.2, 0.25) is 0 Å². The Hall–Kier alpha value is -3.20. The van der Waals surface area contributed by atoms with Crippen LogP contribution in [0, 0.1) is 5.82 Å². The molecule has 0 spiro atoms. The van der Waals surface area contributed by atoms with Gasteiger partial charge in [0, 0.05) is 12.6 Å². The van der Waals surface area contributed by atoms with Gasteiger partial charge in [-0.3, -0.25) is 4.79 Å². The van der Waals surface area contributed by atoms with Crippen LogP contribution in [0.25, 0.3) is 0 Å². The highest BCUT2D eigenvalue weighted by atomic mass is 32.2. The van der Waals surface area contributed by atoms with E-state index in [1.54, 1.807) is 53.4 Å². The van der Waals surface area contributed by atoms with Gasteiger partial charge in [0.15, 0.2) is 5.16 Å². The van der Waals surface area contributed by atoms with Crippen molar-refractivity contribution in [3.05, 3.63) is 71.8 Å². The average molecular weight is 399 g/mol.